The highest BCUT2D eigenvalue weighted by molar-refractivity contribution is 6.06. The van der Waals surface area contributed by atoms with Crippen molar-refractivity contribution in [2.45, 2.75) is 0 Å². The maximum Gasteiger partial charge on any atom is 0.118 e. The molecule has 0 spiro atoms. The smallest absolute Gasteiger partial charge is 0.118 e. The number of aromatic nitrogens is 1. The third-order valence-corrected chi connectivity index (χ3v) is 4.18. The van der Waals surface area contributed by atoms with Gasteiger partial charge in [0.05, 0.1) is 18.3 Å². The SMILES string of the molecule is COc1ccc(C=Cc2ccc3c(ccc4ccccc43)n2)cc1. The van der Waals surface area contributed by atoms with E-state index >= 15 is 0 Å². The number of nitrogens with zero attached hydrogens (tertiary/aromatic N) is 1. The summed E-state index contributed by atoms with van der Waals surface area (Å²) >= 11 is 0. The molecule has 116 valence electrons. The second kappa shape index (κ2) is 6.17. The molecule has 0 amide bonds. The predicted octanol–water partition coefficient (Wildman–Crippen LogP) is 5.57. The van der Waals surface area contributed by atoms with E-state index in [2.05, 4.69) is 54.6 Å². The third-order valence-electron chi connectivity index (χ3n) is 4.18. The van der Waals surface area contributed by atoms with E-state index < -0.39 is 0 Å². The number of fused-ring (bicyclic) bond motifs is 3. The summed E-state index contributed by atoms with van der Waals surface area (Å²) in [4.78, 5) is 4.76. The highest BCUT2D eigenvalue weighted by atomic mass is 16.5. The number of methoxy groups -OCH3 is 1. The van der Waals surface area contributed by atoms with Gasteiger partial charge >= 0.3 is 0 Å². The van der Waals surface area contributed by atoms with E-state index in [0.717, 1.165) is 22.5 Å². The zero-order chi connectivity index (χ0) is 16.4. The molecule has 0 fully saturated rings. The van der Waals surface area contributed by atoms with Gasteiger partial charge in [0.2, 0.25) is 0 Å². The van der Waals surface area contributed by atoms with Crippen LogP contribution in [-0.2, 0) is 0 Å². The van der Waals surface area contributed by atoms with Crippen LogP contribution in [0, 0.1) is 0 Å². The minimum Gasteiger partial charge on any atom is -0.497 e. The fourth-order valence-electron chi connectivity index (χ4n) is 2.89. The van der Waals surface area contributed by atoms with E-state index in [0.29, 0.717) is 0 Å². The average Bonchev–Trinajstić information content (AvgIpc) is 2.66. The van der Waals surface area contributed by atoms with Crippen LogP contribution in [0.4, 0.5) is 0 Å². The zero-order valence-corrected chi connectivity index (χ0v) is 13.4. The molecule has 0 unspecified atom stereocenters. The number of pyridine rings is 1. The van der Waals surface area contributed by atoms with Crippen LogP contribution in [0.2, 0.25) is 0 Å². The zero-order valence-electron chi connectivity index (χ0n) is 13.4. The van der Waals surface area contributed by atoms with Gasteiger partial charge < -0.3 is 4.74 Å². The molecular formula is C22H17NO. The summed E-state index contributed by atoms with van der Waals surface area (Å²) in [6, 6.07) is 24.8. The molecule has 0 aliphatic heterocycles. The Hall–Kier alpha value is -3.13. The number of benzene rings is 3. The summed E-state index contributed by atoms with van der Waals surface area (Å²) in [7, 11) is 1.67. The lowest BCUT2D eigenvalue weighted by Gasteiger charge is -2.04. The fourth-order valence-corrected chi connectivity index (χ4v) is 2.89. The summed E-state index contributed by atoms with van der Waals surface area (Å²) in [5.41, 5.74) is 3.09. The van der Waals surface area contributed by atoms with Crippen LogP contribution in [0.15, 0.2) is 72.8 Å². The minimum atomic E-state index is 0.864. The second-order valence-electron chi connectivity index (χ2n) is 5.70. The van der Waals surface area contributed by atoms with Crippen molar-refractivity contribution in [2.24, 2.45) is 0 Å². The summed E-state index contributed by atoms with van der Waals surface area (Å²) in [6.07, 6.45) is 4.10. The van der Waals surface area contributed by atoms with Crippen molar-refractivity contribution in [2.75, 3.05) is 7.11 Å². The van der Waals surface area contributed by atoms with Gasteiger partial charge in [0, 0.05) is 5.39 Å². The topological polar surface area (TPSA) is 22.1 Å². The maximum absolute atomic E-state index is 5.18. The molecule has 2 nitrogen and oxygen atoms in total. The number of hydrogen-bond acceptors (Lipinski definition) is 2. The lowest BCUT2D eigenvalue weighted by Crippen LogP contribution is -1.85. The standard InChI is InChI=1S/C22H17NO/c1-24-19-12-7-16(8-13-19)6-10-18-11-14-21-20-5-3-2-4-17(20)9-15-22(21)23-18/h2-15H,1H3. The molecule has 1 heterocycles. The van der Waals surface area contributed by atoms with Crippen molar-refractivity contribution < 1.29 is 4.74 Å². The van der Waals surface area contributed by atoms with Crippen molar-refractivity contribution >= 4 is 33.8 Å². The molecule has 0 saturated heterocycles. The fraction of sp³-hybridized carbons (Fsp3) is 0.0455. The Morgan fingerprint density at radius 2 is 1.58 bits per heavy atom. The Balaban J connectivity index is 1.69. The molecule has 0 bridgehead atoms. The Bertz CT molecular complexity index is 1030. The predicted molar refractivity (Wildman–Crippen MR) is 101 cm³/mol. The first-order valence-corrected chi connectivity index (χ1v) is 7.94. The summed E-state index contributed by atoms with van der Waals surface area (Å²) in [6.45, 7) is 0. The first kappa shape index (κ1) is 14.5. The highest BCUT2D eigenvalue weighted by Crippen LogP contribution is 2.24. The lowest BCUT2D eigenvalue weighted by molar-refractivity contribution is 0.415. The monoisotopic (exact) mass is 311 g/mol. The Morgan fingerprint density at radius 3 is 2.42 bits per heavy atom. The average molecular weight is 311 g/mol. The molecule has 4 rings (SSSR count). The molecule has 0 aliphatic rings. The highest BCUT2D eigenvalue weighted by Gasteiger charge is 2.01. The molecule has 0 atom stereocenters. The van der Waals surface area contributed by atoms with Crippen LogP contribution in [0.1, 0.15) is 11.3 Å². The quantitative estimate of drug-likeness (QED) is 0.462. The van der Waals surface area contributed by atoms with Gasteiger partial charge in [-0.2, -0.15) is 0 Å². The summed E-state index contributed by atoms with van der Waals surface area (Å²) in [5, 5.41) is 3.68. The van der Waals surface area contributed by atoms with Crippen molar-refractivity contribution in [3.05, 3.63) is 84.1 Å². The molecule has 0 saturated carbocycles. The van der Waals surface area contributed by atoms with Crippen molar-refractivity contribution in [3.8, 4) is 5.75 Å². The molecule has 3 aromatic carbocycles. The van der Waals surface area contributed by atoms with Crippen LogP contribution < -0.4 is 4.74 Å². The van der Waals surface area contributed by atoms with E-state index in [-0.39, 0.29) is 0 Å². The number of hydrogen-bond donors (Lipinski definition) is 0. The molecule has 0 N–H and O–H groups in total. The van der Waals surface area contributed by atoms with Gasteiger partial charge in [-0.1, -0.05) is 54.6 Å². The van der Waals surface area contributed by atoms with Gasteiger partial charge in [-0.25, -0.2) is 4.98 Å². The van der Waals surface area contributed by atoms with E-state index in [1.165, 1.54) is 16.2 Å². The van der Waals surface area contributed by atoms with Gasteiger partial charge in [0.25, 0.3) is 0 Å². The largest absolute Gasteiger partial charge is 0.497 e. The van der Waals surface area contributed by atoms with Crippen LogP contribution in [0.3, 0.4) is 0 Å². The third kappa shape index (κ3) is 2.74. The summed E-state index contributed by atoms with van der Waals surface area (Å²) < 4.78 is 5.18. The first-order chi connectivity index (χ1) is 11.8. The normalized spacial score (nSPS) is 11.4. The number of rotatable bonds is 3. The van der Waals surface area contributed by atoms with Crippen molar-refractivity contribution in [1.29, 1.82) is 0 Å². The van der Waals surface area contributed by atoms with Gasteiger partial charge in [0.1, 0.15) is 5.75 Å². The Morgan fingerprint density at radius 1 is 0.750 bits per heavy atom. The van der Waals surface area contributed by atoms with Gasteiger partial charge in [-0.15, -0.1) is 0 Å². The molecule has 0 radical (unpaired) electrons. The van der Waals surface area contributed by atoms with E-state index in [1.54, 1.807) is 7.11 Å². The van der Waals surface area contributed by atoms with Crippen molar-refractivity contribution in [3.63, 3.8) is 0 Å². The van der Waals surface area contributed by atoms with Crippen LogP contribution in [0.25, 0.3) is 33.8 Å². The van der Waals surface area contributed by atoms with Crippen LogP contribution in [-0.4, -0.2) is 12.1 Å². The van der Waals surface area contributed by atoms with Gasteiger partial charge in [-0.3, -0.25) is 0 Å². The van der Waals surface area contributed by atoms with Crippen LogP contribution in [0.5, 0.6) is 5.75 Å². The van der Waals surface area contributed by atoms with E-state index in [4.69, 9.17) is 9.72 Å². The minimum absolute atomic E-state index is 0.864. The molecule has 4 aromatic rings. The molecule has 2 heteroatoms. The van der Waals surface area contributed by atoms with Crippen LogP contribution >= 0.6 is 0 Å². The van der Waals surface area contributed by atoms with E-state index in [9.17, 15) is 0 Å². The number of ether oxygens (including phenoxy) is 1. The maximum atomic E-state index is 5.18. The molecular weight excluding hydrogens is 294 g/mol. The molecule has 1 aromatic heterocycles. The Labute approximate surface area is 141 Å². The Kier molecular flexibility index (Phi) is 3.72. The second-order valence-corrected chi connectivity index (χ2v) is 5.70. The summed E-state index contributed by atoms with van der Waals surface area (Å²) in [5.74, 6) is 0.864. The first-order valence-electron chi connectivity index (χ1n) is 7.94. The molecule has 0 aliphatic carbocycles. The van der Waals surface area contributed by atoms with Crippen molar-refractivity contribution in [1.82, 2.24) is 4.98 Å². The lowest BCUT2D eigenvalue weighted by atomic mass is 10.0. The molecule has 24 heavy (non-hydrogen) atoms. The van der Waals surface area contributed by atoms with Gasteiger partial charge in [0.15, 0.2) is 0 Å². The van der Waals surface area contributed by atoms with E-state index in [1.807, 2.05) is 30.3 Å². The van der Waals surface area contributed by atoms with Gasteiger partial charge in [-0.05, 0) is 46.7 Å².